The summed E-state index contributed by atoms with van der Waals surface area (Å²) >= 11 is 0. The van der Waals surface area contributed by atoms with E-state index in [9.17, 15) is 5.11 Å². The van der Waals surface area contributed by atoms with Crippen LogP contribution in [0.5, 0.6) is 0 Å². The van der Waals surface area contributed by atoms with Crippen LogP contribution in [0, 0.1) is 0 Å². The van der Waals surface area contributed by atoms with Crippen LogP contribution in [-0.4, -0.2) is 46.4 Å². The predicted octanol–water partition coefficient (Wildman–Crippen LogP) is 1.98. The third-order valence-electron chi connectivity index (χ3n) is 3.14. The lowest BCUT2D eigenvalue weighted by atomic mass is 10.2. The number of rotatable bonds is 7. The molecule has 1 N–H and O–H groups in total. The normalized spacial score (nSPS) is 12.8. The minimum atomic E-state index is -0.259. The van der Waals surface area contributed by atoms with Crippen LogP contribution < -0.4 is 0 Å². The summed E-state index contributed by atoms with van der Waals surface area (Å²) in [6, 6.07) is 9.79. The van der Waals surface area contributed by atoms with Crippen molar-refractivity contribution in [1.29, 1.82) is 0 Å². The topological polar surface area (TPSA) is 62.4 Å². The molecule has 0 saturated heterocycles. The van der Waals surface area contributed by atoms with Crippen molar-refractivity contribution in [3.8, 4) is 11.4 Å². The van der Waals surface area contributed by atoms with Crippen LogP contribution in [0.1, 0.15) is 19.2 Å². The average molecular weight is 275 g/mol. The van der Waals surface area contributed by atoms with Gasteiger partial charge in [-0.2, -0.15) is 4.98 Å². The van der Waals surface area contributed by atoms with Gasteiger partial charge in [-0.3, -0.25) is 0 Å². The summed E-state index contributed by atoms with van der Waals surface area (Å²) in [6.45, 7) is 3.50. The first-order valence-corrected chi connectivity index (χ1v) is 6.90. The minimum Gasteiger partial charge on any atom is -0.393 e. The SMILES string of the molecule is CC(O)CCN(C)CCc1nc(-c2ccccc2)no1. The summed E-state index contributed by atoms with van der Waals surface area (Å²) in [5, 5.41) is 13.2. The highest BCUT2D eigenvalue weighted by molar-refractivity contribution is 5.53. The average Bonchev–Trinajstić information content (AvgIpc) is 2.93. The number of nitrogens with zero attached hydrogens (tertiary/aromatic N) is 3. The van der Waals surface area contributed by atoms with E-state index in [-0.39, 0.29) is 6.10 Å². The molecular formula is C15H21N3O2. The summed E-state index contributed by atoms with van der Waals surface area (Å²) < 4.78 is 5.26. The Kier molecular flexibility index (Phi) is 5.26. The molecule has 5 heteroatoms. The highest BCUT2D eigenvalue weighted by Crippen LogP contribution is 2.14. The van der Waals surface area contributed by atoms with E-state index in [1.165, 1.54) is 0 Å². The number of hydrogen-bond donors (Lipinski definition) is 1. The molecule has 1 aromatic heterocycles. The Morgan fingerprint density at radius 3 is 2.70 bits per heavy atom. The van der Waals surface area contributed by atoms with Crippen molar-refractivity contribution in [2.75, 3.05) is 20.1 Å². The van der Waals surface area contributed by atoms with E-state index >= 15 is 0 Å². The minimum absolute atomic E-state index is 0.259. The maximum atomic E-state index is 9.25. The van der Waals surface area contributed by atoms with Gasteiger partial charge in [0.15, 0.2) is 0 Å². The number of likely N-dealkylation sites (N-methyl/N-ethyl adjacent to an activating group) is 1. The fourth-order valence-corrected chi connectivity index (χ4v) is 1.87. The van der Waals surface area contributed by atoms with Gasteiger partial charge in [0, 0.05) is 25.1 Å². The number of hydrogen-bond acceptors (Lipinski definition) is 5. The fourth-order valence-electron chi connectivity index (χ4n) is 1.87. The van der Waals surface area contributed by atoms with E-state index in [0.29, 0.717) is 11.7 Å². The molecule has 0 aliphatic heterocycles. The molecule has 1 heterocycles. The maximum absolute atomic E-state index is 9.25. The highest BCUT2D eigenvalue weighted by Gasteiger charge is 2.09. The van der Waals surface area contributed by atoms with Gasteiger partial charge in [-0.05, 0) is 20.4 Å². The second-order valence-corrected chi connectivity index (χ2v) is 5.07. The second-order valence-electron chi connectivity index (χ2n) is 5.07. The van der Waals surface area contributed by atoms with Crippen LogP contribution in [0.25, 0.3) is 11.4 Å². The standard InChI is InChI=1S/C15H21N3O2/c1-12(19)8-10-18(2)11-9-14-16-15(17-20-14)13-6-4-3-5-7-13/h3-7,12,19H,8-11H2,1-2H3. The van der Waals surface area contributed by atoms with Crippen LogP contribution in [-0.2, 0) is 6.42 Å². The Morgan fingerprint density at radius 1 is 1.25 bits per heavy atom. The number of aliphatic hydroxyl groups excluding tert-OH is 1. The molecule has 20 heavy (non-hydrogen) atoms. The van der Waals surface area contributed by atoms with Crippen molar-refractivity contribution in [2.45, 2.75) is 25.9 Å². The summed E-state index contributed by atoms with van der Waals surface area (Å²) in [5.74, 6) is 1.28. The van der Waals surface area contributed by atoms with Gasteiger partial charge in [-0.15, -0.1) is 0 Å². The maximum Gasteiger partial charge on any atom is 0.228 e. The van der Waals surface area contributed by atoms with Crippen molar-refractivity contribution < 1.29 is 9.63 Å². The molecule has 0 amide bonds. The van der Waals surface area contributed by atoms with Crippen molar-refractivity contribution >= 4 is 0 Å². The molecule has 0 spiro atoms. The van der Waals surface area contributed by atoms with E-state index in [0.717, 1.165) is 31.5 Å². The van der Waals surface area contributed by atoms with Crippen molar-refractivity contribution in [3.05, 3.63) is 36.2 Å². The Hall–Kier alpha value is -1.72. The lowest BCUT2D eigenvalue weighted by Crippen LogP contribution is -2.24. The third-order valence-corrected chi connectivity index (χ3v) is 3.14. The zero-order valence-corrected chi connectivity index (χ0v) is 12.0. The number of benzene rings is 1. The van der Waals surface area contributed by atoms with Gasteiger partial charge in [0.1, 0.15) is 0 Å². The third kappa shape index (κ3) is 4.43. The molecule has 0 fully saturated rings. The van der Waals surface area contributed by atoms with Gasteiger partial charge in [0.25, 0.3) is 0 Å². The first-order chi connectivity index (χ1) is 9.65. The molecule has 0 aliphatic rings. The molecule has 0 bridgehead atoms. The molecule has 1 unspecified atom stereocenters. The van der Waals surface area contributed by atoms with Gasteiger partial charge in [0.05, 0.1) is 6.10 Å². The van der Waals surface area contributed by atoms with E-state index in [2.05, 4.69) is 15.0 Å². The molecule has 0 aliphatic carbocycles. The van der Waals surface area contributed by atoms with Crippen molar-refractivity contribution in [3.63, 3.8) is 0 Å². The quantitative estimate of drug-likeness (QED) is 0.837. The molecule has 108 valence electrons. The lowest BCUT2D eigenvalue weighted by molar-refractivity contribution is 0.164. The summed E-state index contributed by atoms with van der Waals surface area (Å²) in [7, 11) is 2.02. The predicted molar refractivity (Wildman–Crippen MR) is 77.2 cm³/mol. The molecule has 2 rings (SSSR count). The van der Waals surface area contributed by atoms with E-state index in [1.807, 2.05) is 37.4 Å². The zero-order chi connectivity index (χ0) is 14.4. The second kappa shape index (κ2) is 7.17. The highest BCUT2D eigenvalue weighted by atomic mass is 16.5. The monoisotopic (exact) mass is 275 g/mol. The van der Waals surface area contributed by atoms with Crippen LogP contribution in [0.2, 0.25) is 0 Å². The Labute approximate surface area is 119 Å². The zero-order valence-electron chi connectivity index (χ0n) is 12.0. The molecule has 0 saturated carbocycles. The van der Waals surface area contributed by atoms with Crippen molar-refractivity contribution in [2.24, 2.45) is 0 Å². The van der Waals surface area contributed by atoms with E-state index in [1.54, 1.807) is 6.92 Å². The number of aromatic nitrogens is 2. The smallest absolute Gasteiger partial charge is 0.228 e. The molecule has 1 atom stereocenters. The van der Waals surface area contributed by atoms with Gasteiger partial charge in [-0.25, -0.2) is 0 Å². The fraction of sp³-hybridized carbons (Fsp3) is 0.467. The van der Waals surface area contributed by atoms with Crippen LogP contribution in [0.4, 0.5) is 0 Å². The van der Waals surface area contributed by atoms with Crippen LogP contribution in [0.3, 0.4) is 0 Å². The van der Waals surface area contributed by atoms with Gasteiger partial charge in [0.2, 0.25) is 11.7 Å². The lowest BCUT2D eigenvalue weighted by Gasteiger charge is -2.15. The van der Waals surface area contributed by atoms with Crippen LogP contribution >= 0.6 is 0 Å². The molecule has 1 aromatic carbocycles. The first-order valence-electron chi connectivity index (χ1n) is 6.90. The Balaban J connectivity index is 1.84. The largest absolute Gasteiger partial charge is 0.393 e. The van der Waals surface area contributed by atoms with E-state index in [4.69, 9.17) is 4.52 Å². The summed E-state index contributed by atoms with van der Waals surface area (Å²) in [4.78, 5) is 6.55. The van der Waals surface area contributed by atoms with Crippen molar-refractivity contribution in [1.82, 2.24) is 15.0 Å². The van der Waals surface area contributed by atoms with Gasteiger partial charge >= 0.3 is 0 Å². The molecular weight excluding hydrogens is 254 g/mol. The van der Waals surface area contributed by atoms with Crippen LogP contribution in [0.15, 0.2) is 34.9 Å². The molecule has 0 radical (unpaired) electrons. The Morgan fingerprint density at radius 2 is 2.00 bits per heavy atom. The summed E-state index contributed by atoms with van der Waals surface area (Å²) in [5.41, 5.74) is 0.963. The molecule has 5 nitrogen and oxygen atoms in total. The Bertz CT molecular complexity index is 511. The van der Waals surface area contributed by atoms with Gasteiger partial charge in [-0.1, -0.05) is 35.5 Å². The van der Waals surface area contributed by atoms with E-state index < -0.39 is 0 Å². The summed E-state index contributed by atoms with van der Waals surface area (Å²) in [6.07, 6.45) is 1.23. The van der Waals surface area contributed by atoms with Gasteiger partial charge < -0.3 is 14.5 Å². The molecule has 2 aromatic rings. The first kappa shape index (κ1) is 14.7. The number of aliphatic hydroxyl groups is 1.